The second-order valence-corrected chi connectivity index (χ2v) is 6.08. The normalized spacial score (nSPS) is 18.2. The number of aliphatic carboxylic acids is 1. The van der Waals surface area contributed by atoms with Crippen molar-refractivity contribution >= 4 is 17.1 Å². The highest BCUT2D eigenvalue weighted by Crippen LogP contribution is 2.44. The van der Waals surface area contributed by atoms with Crippen molar-refractivity contribution in [1.29, 1.82) is 0 Å². The van der Waals surface area contributed by atoms with Gasteiger partial charge in [0, 0.05) is 19.0 Å². The van der Waals surface area contributed by atoms with Gasteiger partial charge < -0.3 is 9.52 Å². The molecule has 0 saturated heterocycles. The monoisotopic (exact) mass is 276 g/mol. The van der Waals surface area contributed by atoms with Gasteiger partial charge in [-0.1, -0.05) is 26.7 Å². The zero-order chi connectivity index (χ0) is 14.5. The maximum absolute atomic E-state index is 11.8. The van der Waals surface area contributed by atoms with Gasteiger partial charge in [-0.05, 0) is 12.8 Å². The van der Waals surface area contributed by atoms with E-state index >= 15 is 0 Å². The molecule has 1 fully saturated rings. The van der Waals surface area contributed by atoms with Gasteiger partial charge in [0.1, 0.15) is 22.4 Å². The fourth-order valence-corrected chi connectivity index (χ4v) is 3.19. The van der Waals surface area contributed by atoms with E-state index in [9.17, 15) is 9.90 Å². The van der Waals surface area contributed by atoms with E-state index in [-0.39, 0.29) is 5.92 Å². The second kappa shape index (κ2) is 4.36. The van der Waals surface area contributed by atoms with Crippen LogP contribution in [0.15, 0.2) is 10.5 Å². The van der Waals surface area contributed by atoms with Crippen LogP contribution in [0.25, 0.3) is 11.1 Å². The Bertz CT molecular complexity index is 660. The van der Waals surface area contributed by atoms with Crippen molar-refractivity contribution in [3.05, 3.63) is 17.5 Å². The van der Waals surface area contributed by atoms with Gasteiger partial charge >= 0.3 is 5.97 Å². The molecule has 0 amide bonds. The number of rotatable bonds is 3. The molecule has 2 aromatic heterocycles. The summed E-state index contributed by atoms with van der Waals surface area (Å²) in [5, 5.41) is 14.2. The molecule has 3 rings (SSSR count). The van der Waals surface area contributed by atoms with Crippen LogP contribution < -0.4 is 0 Å². The van der Waals surface area contributed by atoms with Crippen molar-refractivity contribution < 1.29 is 14.3 Å². The predicted octanol–water partition coefficient (Wildman–Crippen LogP) is 3.19. The average Bonchev–Trinajstić information content (AvgIpc) is 3.06. The Morgan fingerprint density at radius 1 is 1.45 bits per heavy atom. The minimum absolute atomic E-state index is 0.277. The minimum atomic E-state index is -0.869. The first-order valence-corrected chi connectivity index (χ1v) is 7.16. The number of carbonyl (C=O) groups is 1. The summed E-state index contributed by atoms with van der Waals surface area (Å²) in [6.07, 6.45) is 3.16. The van der Waals surface area contributed by atoms with Crippen molar-refractivity contribution in [3.8, 4) is 0 Å². The van der Waals surface area contributed by atoms with Gasteiger partial charge in [-0.25, -0.2) is 0 Å². The van der Waals surface area contributed by atoms with E-state index < -0.39 is 11.4 Å². The maximum atomic E-state index is 11.8. The van der Waals surface area contributed by atoms with Crippen LogP contribution >= 0.6 is 0 Å². The number of fused-ring (bicyclic) bond motifs is 1. The van der Waals surface area contributed by atoms with E-state index in [1.807, 2.05) is 13.1 Å². The molecule has 0 spiro atoms. The number of nitrogens with zero attached hydrogens (tertiary/aromatic N) is 2. The first kappa shape index (κ1) is 13.2. The van der Waals surface area contributed by atoms with E-state index in [0.717, 1.165) is 24.1 Å². The molecule has 0 radical (unpaired) electrons. The number of carboxylic acid groups (broad SMARTS) is 1. The van der Waals surface area contributed by atoms with Crippen LogP contribution in [0.3, 0.4) is 0 Å². The lowest BCUT2D eigenvalue weighted by atomic mass is 9.82. The summed E-state index contributed by atoms with van der Waals surface area (Å²) in [7, 11) is 1.84. The van der Waals surface area contributed by atoms with E-state index in [2.05, 4.69) is 18.9 Å². The molecule has 0 aliphatic heterocycles. The van der Waals surface area contributed by atoms with Crippen LogP contribution in [0.1, 0.15) is 56.9 Å². The Morgan fingerprint density at radius 2 is 2.10 bits per heavy atom. The number of hydrogen-bond acceptors (Lipinski definition) is 3. The number of aryl methyl sites for hydroxylation is 1. The summed E-state index contributed by atoms with van der Waals surface area (Å²) in [6, 6.07) is 1.97. The second-order valence-electron chi connectivity index (χ2n) is 6.08. The largest absolute Gasteiger partial charge is 0.481 e. The third-order valence-electron chi connectivity index (χ3n) is 4.43. The van der Waals surface area contributed by atoms with Crippen molar-refractivity contribution in [2.45, 2.75) is 50.9 Å². The molecular weight excluding hydrogens is 256 g/mol. The van der Waals surface area contributed by atoms with Crippen molar-refractivity contribution in [3.63, 3.8) is 0 Å². The lowest BCUT2D eigenvalue weighted by molar-refractivity contribution is -0.143. The summed E-state index contributed by atoms with van der Waals surface area (Å²) in [6.45, 7) is 4.13. The molecule has 0 bridgehead atoms. The first-order valence-electron chi connectivity index (χ1n) is 7.16. The highest BCUT2D eigenvalue weighted by atomic mass is 16.4. The summed E-state index contributed by atoms with van der Waals surface area (Å²) >= 11 is 0. The Kier molecular flexibility index (Phi) is 2.88. The molecule has 1 aliphatic carbocycles. The van der Waals surface area contributed by atoms with Gasteiger partial charge in [0.25, 0.3) is 0 Å². The highest BCUT2D eigenvalue weighted by Gasteiger charge is 2.47. The fraction of sp³-hybridized carbons (Fsp3) is 0.600. The standard InChI is InChI=1S/C15H20N2O3/c1-9(2)11-8-10-12(20-11)13(16-17(10)3)15(14(18)19)6-4-5-7-15/h8-9H,4-7H2,1-3H3,(H,18,19). The molecule has 5 heteroatoms. The van der Waals surface area contributed by atoms with Crippen molar-refractivity contribution in [2.24, 2.45) is 7.05 Å². The first-order chi connectivity index (χ1) is 9.45. The number of aromatic nitrogens is 2. The van der Waals surface area contributed by atoms with Gasteiger partial charge in [0.05, 0.1) is 0 Å². The molecule has 0 unspecified atom stereocenters. The third-order valence-corrected chi connectivity index (χ3v) is 4.43. The summed E-state index contributed by atoms with van der Waals surface area (Å²) in [5.74, 6) is 0.380. The van der Waals surface area contributed by atoms with Crippen molar-refractivity contribution in [2.75, 3.05) is 0 Å². The molecule has 0 aromatic carbocycles. The van der Waals surface area contributed by atoms with Gasteiger partial charge in [0.15, 0.2) is 5.58 Å². The highest BCUT2D eigenvalue weighted by molar-refractivity contribution is 5.88. The van der Waals surface area contributed by atoms with Crippen LogP contribution in [0, 0.1) is 0 Å². The average molecular weight is 276 g/mol. The third kappa shape index (κ3) is 1.69. The van der Waals surface area contributed by atoms with Crippen LogP contribution in [0.5, 0.6) is 0 Å². The molecule has 20 heavy (non-hydrogen) atoms. The quantitative estimate of drug-likeness (QED) is 0.934. The molecule has 2 heterocycles. The summed E-state index contributed by atoms with van der Waals surface area (Å²) < 4.78 is 7.66. The Labute approximate surface area is 117 Å². The van der Waals surface area contributed by atoms with Gasteiger partial charge in [-0.15, -0.1) is 0 Å². The zero-order valence-electron chi connectivity index (χ0n) is 12.1. The topological polar surface area (TPSA) is 68.3 Å². The van der Waals surface area contributed by atoms with Crippen LogP contribution in [0.4, 0.5) is 0 Å². The smallest absolute Gasteiger partial charge is 0.315 e. The minimum Gasteiger partial charge on any atom is -0.481 e. The van der Waals surface area contributed by atoms with E-state index in [0.29, 0.717) is 24.1 Å². The molecule has 1 N–H and O–H groups in total. The molecular formula is C15H20N2O3. The molecule has 2 aromatic rings. The molecule has 0 atom stereocenters. The molecule has 5 nitrogen and oxygen atoms in total. The fourth-order valence-electron chi connectivity index (χ4n) is 3.19. The predicted molar refractivity (Wildman–Crippen MR) is 74.9 cm³/mol. The number of furan rings is 1. The van der Waals surface area contributed by atoms with E-state index in [4.69, 9.17) is 4.42 Å². The van der Waals surface area contributed by atoms with Gasteiger partial charge in [-0.2, -0.15) is 5.10 Å². The Balaban J connectivity index is 2.22. The molecule has 1 saturated carbocycles. The van der Waals surface area contributed by atoms with Gasteiger partial charge in [0.2, 0.25) is 0 Å². The zero-order valence-corrected chi connectivity index (χ0v) is 12.1. The molecule has 1 aliphatic rings. The van der Waals surface area contributed by atoms with Crippen LogP contribution in [-0.2, 0) is 17.3 Å². The lowest BCUT2D eigenvalue weighted by Gasteiger charge is -2.20. The maximum Gasteiger partial charge on any atom is 0.315 e. The molecule has 108 valence electrons. The van der Waals surface area contributed by atoms with E-state index in [1.165, 1.54) is 0 Å². The Morgan fingerprint density at radius 3 is 2.65 bits per heavy atom. The SMILES string of the molecule is CC(C)c1cc2c(o1)c(C1(C(=O)O)CCCC1)nn2C. The number of carboxylic acids is 1. The van der Waals surface area contributed by atoms with E-state index in [1.54, 1.807) is 4.68 Å². The lowest BCUT2D eigenvalue weighted by Crippen LogP contribution is -2.33. The summed E-state index contributed by atoms with van der Waals surface area (Å²) in [5.41, 5.74) is 1.27. The summed E-state index contributed by atoms with van der Waals surface area (Å²) in [4.78, 5) is 11.8. The van der Waals surface area contributed by atoms with Gasteiger partial charge in [-0.3, -0.25) is 9.48 Å². The van der Waals surface area contributed by atoms with Crippen molar-refractivity contribution in [1.82, 2.24) is 9.78 Å². The van der Waals surface area contributed by atoms with Crippen LogP contribution in [-0.4, -0.2) is 20.9 Å². The Hall–Kier alpha value is -1.78. The van der Waals surface area contributed by atoms with Crippen LogP contribution in [0.2, 0.25) is 0 Å². The number of hydrogen-bond donors (Lipinski definition) is 1.